The molecule has 0 aliphatic rings. The van der Waals surface area contributed by atoms with E-state index in [2.05, 4.69) is 5.10 Å². The lowest BCUT2D eigenvalue weighted by Gasteiger charge is -2.10. The number of hydrogen-bond donors (Lipinski definition) is 0. The van der Waals surface area contributed by atoms with Crippen LogP contribution >= 0.6 is 0 Å². The molecular formula is C19H17FN2O4. The number of rotatable bonds is 5. The normalized spacial score (nSPS) is 10.7. The summed E-state index contributed by atoms with van der Waals surface area (Å²) in [7, 11) is 1.37. The molecule has 3 rings (SSSR count). The van der Waals surface area contributed by atoms with E-state index in [-0.39, 0.29) is 23.6 Å². The molecule has 0 atom stereocenters. The highest BCUT2D eigenvalue weighted by Crippen LogP contribution is 2.19. The van der Waals surface area contributed by atoms with Gasteiger partial charge >= 0.3 is 5.97 Å². The Hall–Kier alpha value is -3.22. The smallest absolute Gasteiger partial charge is 0.359 e. The van der Waals surface area contributed by atoms with Crippen molar-refractivity contribution in [2.45, 2.75) is 20.1 Å². The zero-order valence-corrected chi connectivity index (χ0v) is 14.4. The van der Waals surface area contributed by atoms with Gasteiger partial charge in [0, 0.05) is 11.9 Å². The molecule has 2 aromatic carbocycles. The Morgan fingerprint density at radius 2 is 1.92 bits per heavy atom. The monoisotopic (exact) mass is 356 g/mol. The quantitative estimate of drug-likeness (QED) is 0.658. The average molecular weight is 356 g/mol. The van der Waals surface area contributed by atoms with E-state index in [1.54, 1.807) is 37.3 Å². The number of esters is 1. The molecule has 6 nitrogen and oxygen atoms in total. The third-order valence-electron chi connectivity index (χ3n) is 3.95. The van der Waals surface area contributed by atoms with Crippen molar-refractivity contribution >= 4 is 16.7 Å². The van der Waals surface area contributed by atoms with Crippen molar-refractivity contribution in [1.82, 2.24) is 9.78 Å². The number of carbonyl (C=O) groups excluding carboxylic acids is 1. The Morgan fingerprint density at radius 1 is 1.19 bits per heavy atom. The second kappa shape index (κ2) is 7.35. The summed E-state index contributed by atoms with van der Waals surface area (Å²) in [6, 6.07) is 11.0. The standard InChI is InChI=1S/C19H17FN2O4/c1-3-22-18(23)14-7-5-4-6-13(14)17(21-22)19(24)26-11-12-8-9-16(25-2)15(20)10-12/h4-10H,3,11H2,1-2H3. The molecule has 0 radical (unpaired) electrons. The van der Waals surface area contributed by atoms with E-state index in [0.717, 1.165) is 0 Å². The molecule has 26 heavy (non-hydrogen) atoms. The van der Waals surface area contributed by atoms with Crippen LogP contribution < -0.4 is 10.3 Å². The van der Waals surface area contributed by atoms with Gasteiger partial charge in [-0.25, -0.2) is 13.9 Å². The van der Waals surface area contributed by atoms with Crippen LogP contribution in [-0.4, -0.2) is 22.9 Å². The lowest BCUT2D eigenvalue weighted by Crippen LogP contribution is -2.25. The van der Waals surface area contributed by atoms with E-state index in [1.807, 2.05) is 0 Å². The third-order valence-corrected chi connectivity index (χ3v) is 3.95. The minimum Gasteiger partial charge on any atom is -0.494 e. The van der Waals surface area contributed by atoms with E-state index < -0.39 is 11.8 Å². The largest absolute Gasteiger partial charge is 0.494 e. The van der Waals surface area contributed by atoms with Crippen molar-refractivity contribution in [1.29, 1.82) is 0 Å². The summed E-state index contributed by atoms with van der Waals surface area (Å²) >= 11 is 0. The molecule has 0 aliphatic heterocycles. The van der Waals surface area contributed by atoms with Gasteiger partial charge in [-0.05, 0) is 30.7 Å². The molecule has 0 unspecified atom stereocenters. The molecule has 1 aromatic heterocycles. The third kappa shape index (κ3) is 3.28. The van der Waals surface area contributed by atoms with Gasteiger partial charge < -0.3 is 9.47 Å². The summed E-state index contributed by atoms with van der Waals surface area (Å²) in [6.45, 7) is 1.97. The fourth-order valence-electron chi connectivity index (χ4n) is 2.62. The summed E-state index contributed by atoms with van der Waals surface area (Å²) in [5, 5.41) is 4.93. The molecule has 0 aliphatic carbocycles. The Balaban J connectivity index is 1.89. The van der Waals surface area contributed by atoms with Crippen LogP contribution in [0.1, 0.15) is 23.0 Å². The second-order valence-electron chi connectivity index (χ2n) is 5.56. The molecule has 1 heterocycles. The first kappa shape index (κ1) is 17.6. The summed E-state index contributed by atoms with van der Waals surface area (Å²) in [5.74, 6) is -1.11. The van der Waals surface area contributed by atoms with Crippen molar-refractivity contribution in [3.8, 4) is 5.75 Å². The van der Waals surface area contributed by atoms with Crippen molar-refractivity contribution in [3.63, 3.8) is 0 Å². The van der Waals surface area contributed by atoms with E-state index in [9.17, 15) is 14.0 Å². The summed E-state index contributed by atoms with van der Waals surface area (Å²) in [4.78, 5) is 24.8. The van der Waals surface area contributed by atoms with Crippen LogP contribution in [0.2, 0.25) is 0 Å². The first-order valence-corrected chi connectivity index (χ1v) is 8.04. The van der Waals surface area contributed by atoms with Crippen molar-refractivity contribution in [3.05, 3.63) is 69.9 Å². The van der Waals surface area contributed by atoms with Gasteiger partial charge in [0.2, 0.25) is 0 Å². The number of fused-ring (bicyclic) bond motifs is 1. The minimum absolute atomic E-state index is 0.0519. The Kier molecular flexibility index (Phi) is 4.97. The van der Waals surface area contributed by atoms with Gasteiger partial charge in [-0.1, -0.05) is 24.3 Å². The SMILES string of the molecule is CCn1nc(C(=O)OCc2ccc(OC)c(F)c2)c2ccccc2c1=O. The number of methoxy groups -OCH3 is 1. The van der Waals surface area contributed by atoms with Crippen LogP contribution in [0.4, 0.5) is 4.39 Å². The maximum atomic E-state index is 13.7. The first-order chi connectivity index (χ1) is 12.5. The van der Waals surface area contributed by atoms with E-state index in [0.29, 0.717) is 22.9 Å². The van der Waals surface area contributed by atoms with Crippen LogP contribution in [0.3, 0.4) is 0 Å². The predicted molar refractivity (Wildman–Crippen MR) is 93.7 cm³/mol. The van der Waals surface area contributed by atoms with Gasteiger partial charge in [0.1, 0.15) is 6.61 Å². The fraction of sp³-hybridized carbons (Fsp3) is 0.211. The van der Waals surface area contributed by atoms with Crippen LogP contribution in [0, 0.1) is 5.82 Å². The van der Waals surface area contributed by atoms with Crippen molar-refractivity contribution in [2.75, 3.05) is 7.11 Å². The maximum absolute atomic E-state index is 13.7. The molecule has 0 spiro atoms. The van der Waals surface area contributed by atoms with Crippen LogP contribution in [0.25, 0.3) is 10.8 Å². The average Bonchev–Trinajstić information content (AvgIpc) is 2.66. The lowest BCUT2D eigenvalue weighted by atomic mass is 10.1. The number of carbonyl (C=O) groups is 1. The van der Waals surface area contributed by atoms with E-state index in [4.69, 9.17) is 9.47 Å². The number of benzene rings is 2. The number of ether oxygens (including phenoxy) is 2. The van der Waals surface area contributed by atoms with Gasteiger partial charge in [0.05, 0.1) is 12.5 Å². The molecule has 0 saturated heterocycles. The second-order valence-corrected chi connectivity index (χ2v) is 5.56. The van der Waals surface area contributed by atoms with Gasteiger partial charge in [-0.3, -0.25) is 4.79 Å². The number of halogens is 1. The highest BCUT2D eigenvalue weighted by Gasteiger charge is 2.18. The lowest BCUT2D eigenvalue weighted by molar-refractivity contribution is 0.0465. The topological polar surface area (TPSA) is 70.4 Å². The van der Waals surface area contributed by atoms with Crippen molar-refractivity contribution < 1.29 is 18.7 Å². The molecule has 3 aromatic rings. The molecular weight excluding hydrogens is 339 g/mol. The Bertz CT molecular complexity index is 1030. The van der Waals surface area contributed by atoms with E-state index >= 15 is 0 Å². The molecule has 134 valence electrons. The highest BCUT2D eigenvalue weighted by atomic mass is 19.1. The summed E-state index contributed by atoms with van der Waals surface area (Å²) in [6.07, 6.45) is 0. The number of aromatic nitrogens is 2. The molecule has 0 fully saturated rings. The van der Waals surface area contributed by atoms with Crippen LogP contribution in [0.15, 0.2) is 47.3 Å². The van der Waals surface area contributed by atoms with Crippen LogP contribution in [0.5, 0.6) is 5.75 Å². The molecule has 7 heteroatoms. The van der Waals surface area contributed by atoms with Gasteiger partial charge in [0.25, 0.3) is 5.56 Å². The summed E-state index contributed by atoms with van der Waals surface area (Å²) < 4.78 is 25.1. The molecule has 0 N–H and O–H groups in total. The van der Waals surface area contributed by atoms with E-state index in [1.165, 1.54) is 23.9 Å². The highest BCUT2D eigenvalue weighted by molar-refractivity contribution is 6.02. The first-order valence-electron chi connectivity index (χ1n) is 8.04. The fourth-order valence-corrected chi connectivity index (χ4v) is 2.62. The Morgan fingerprint density at radius 3 is 2.58 bits per heavy atom. The zero-order chi connectivity index (χ0) is 18.7. The number of nitrogens with zero attached hydrogens (tertiary/aromatic N) is 2. The number of aryl methyl sites for hydroxylation is 1. The van der Waals surface area contributed by atoms with Gasteiger partial charge in [-0.2, -0.15) is 5.10 Å². The molecule has 0 amide bonds. The minimum atomic E-state index is -0.681. The number of hydrogen-bond acceptors (Lipinski definition) is 5. The predicted octanol–water partition coefficient (Wildman–Crippen LogP) is 2.92. The Labute approximate surface area is 148 Å². The van der Waals surface area contributed by atoms with Gasteiger partial charge in [0.15, 0.2) is 17.3 Å². The van der Waals surface area contributed by atoms with Crippen molar-refractivity contribution in [2.24, 2.45) is 0 Å². The molecule has 0 bridgehead atoms. The molecule has 0 saturated carbocycles. The van der Waals surface area contributed by atoms with Gasteiger partial charge in [-0.15, -0.1) is 0 Å². The zero-order valence-electron chi connectivity index (χ0n) is 14.4. The summed E-state index contributed by atoms with van der Waals surface area (Å²) in [5.41, 5.74) is 0.262. The van der Waals surface area contributed by atoms with Crippen LogP contribution in [-0.2, 0) is 17.9 Å². The maximum Gasteiger partial charge on any atom is 0.359 e.